The molecule has 188 valence electrons. The smallest absolute Gasteiger partial charge is 0.247 e. The predicted molar refractivity (Wildman–Crippen MR) is 140 cm³/mol. The minimum atomic E-state index is -0.416. The van der Waals surface area contributed by atoms with Crippen molar-refractivity contribution in [2.45, 2.75) is 64.5 Å². The molecule has 2 aliphatic rings. The Bertz CT molecular complexity index is 1230. The minimum absolute atomic E-state index is 0.0443. The third kappa shape index (κ3) is 4.57. The predicted octanol–water partition coefficient (Wildman–Crippen LogP) is 6.26. The Kier molecular flexibility index (Phi) is 6.95. The van der Waals surface area contributed by atoms with Crippen molar-refractivity contribution < 1.29 is 14.0 Å². The Hall–Kier alpha value is -3.41. The molecule has 1 fully saturated rings. The highest BCUT2D eigenvalue weighted by molar-refractivity contribution is 6.00. The van der Waals surface area contributed by atoms with E-state index in [1.807, 2.05) is 52.4 Å². The summed E-state index contributed by atoms with van der Waals surface area (Å²) in [6.45, 7) is 4.25. The maximum absolute atomic E-state index is 14.2. The summed E-state index contributed by atoms with van der Waals surface area (Å²) >= 11 is 0. The molecular weight excluding hydrogens is 453 g/mol. The van der Waals surface area contributed by atoms with E-state index in [4.69, 9.17) is 0 Å². The number of nitrogens with zero attached hydrogens (tertiary/aromatic N) is 3. The number of carbonyl (C=O) groups excluding carboxylic acids is 2. The van der Waals surface area contributed by atoms with E-state index in [1.54, 1.807) is 12.1 Å². The SMILES string of the molecule is CCCCC(CC)C(=O)N(CC(=O)N1c2ccccc2-n2cccc2C1c1ccc(F)cc1)C1CC1. The molecule has 0 spiro atoms. The lowest BCUT2D eigenvalue weighted by molar-refractivity contribution is -0.139. The van der Waals surface area contributed by atoms with Gasteiger partial charge in [0.25, 0.3) is 0 Å². The van der Waals surface area contributed by atoms with E-state index in [9.17, 15) is 14.0 Å². The minimum Gasteiger partial charge on any atom is -0.330 e. The van der Waals surface area contributed by atoms with Crippen LogP contribution in [0.2, 0.25) is 0 Å². The van der Waals surface area contributed by atoms with Crippen molar-refractivity contribution in [3.05, 3.63) is 83.9 Å². The molecule has 36 heavy (non-hydrogen) atoms. The normalized spacial score (nSPS) is 17.3. The standard InChI is InChI=1S/C30H34FN3O2/c1-3-5-9-21(4-2)30(36)33(24-17-18-24)20-28(35)34-26-11-7-6-10-25(26)32-19-8-12-27(32)29(34)22-13-15-23(31)16-14-22/h6-8,10-16,19,21,24,29H,3-5,9,17-18,20H2,1-2H3. The van der Waals surface area contributed by atoms with E-state index >= 15 is 0 Å². The summed E-state index contributed by atoms with van der Waals surface area (Å²) in [5, 5.41) is 0. The zero-order valence-electron chi connectivity index (χ0n) is 21.1. The maximum Gasteiger partial charge on any atom is 0.247 e. The van der Waals surface area contributed by atoms with Gasteiger partial charge in [-0.3, -0.25) is 14.5 Å². The monoisotopic (exact) mass is 487 g/mol. The van der Waals surface area contributed by atoms with Crippen molar-refractivity contribution >= 4 is 17.5 Å². The second-order valence-corrected chi connectivity index (χ2v) is 9.95. The highest BCUT2D eigenvalue weighted by Crippen LogP contribution is 2.42. The molecule has 0 bridgehead atoms. The van der Waals surface area contributed by atoms with Gasteiger partial charge in [0, 0.05) is 18.2 Å². The molecule has 1 aliphatic heterocycles. The van der Waals surface area contributed by atoms with E-state index in [0.717, 1.165) is 61.2 Å². The zero-order valence-corrected chi connectivity index (χ0v) is 21.1. The summed E-state index contributed by atoms with van der Waals surface area (Å²) in [7, 11) is 0. The quantitative estimate of drug-likeness (QED) is 0.358. The fourth-order valence-corrected chi connectivity index (χ4v) is 5.40. The van der Waals surface area contributed by atoms with Crippen LogP contribution >= 0.6 is 0 Å². The number of fused-ring (bicyclic) bond motifs is 3. The summed E-state index contributed by atoms with van der Waals surface area (Å²) in [5.74, 6) is -0.368. The van der Waals surface area contributed by atoms with Crippen LogP contribution in [0.3, 0.4) is 0 Å². The van der Waals surface area contributed by atoms with Gasteiger partial charge in [0.15, 0.2) is 0 Å². The Morgan fingerprint density at radius 3 is 2.39 bits per heavy atom. The van der Waals surface area contributed by atoms with Gasteiger partial charge in [0.2, 0.25) is 11.8 Å². The van der Waals surface area contributed by atoms with E-state index in [1.165, 1.54) is 12.1 Å². The first-order valence-electron chi connectivity index (χ1n) is 13.2. The summed E-state index contributed by atoms with van der Waals surface area (Å²) in [6, 6.07) is 17.9. The van der Waals surface area contributed by atoms with Crippen molar-refractivity contribution in [2.75, 3.05) is 11.4 Å². The second-order valence-electron chi connectivity index (χ2n) is 9.95. The zero-order chi connectivity index (χ0) is 25.2. The number of amides is 2. The van der Waals surface area contributed by atoms with Gasteiger partial charge >= 0.3 is 0 Å². The van der Waals surface area contributed by atoms with Crippen LogP contribution in [0, 0.1) is 11.7 Å². The van der Waals surface area contributed by atoms with Crippen LogP contribution < -0.4 is 4.90 Å². The van der Waals surface area contributed by atoms with Crippen LogP contribution in [-0.2, 0) is 9.59 Å². The molecule has 2 unspecified atom stereocenters. The van der Waals surface area contributed by atoms with Gasteiger partial charge in [0.05, 0.1) is 17.1 Å². The van der Waals surface area contributed by atoms with Crippen LogP contribution in [0.15, 0.2) is 66.9 Å². The molecule has 2 aromatic carbocycles. The number of carbonyl (C=O) groups is 2. The Morgan fingerprint density at radius 2 is 1.72 bits per heavy atom. The highest BCUT2D eigenvalue weighted by Gasteiger charge is 2.41. The van der Waals surface area contributed by atoms with Crippen LogP contribution in [0.5, 0.6) is 0 Å². The van der Waals surface area contributed by atoms with Crippen LogP contribution in [0.1, 0.15) is 69.7 Å². The van der Waals surface area contributed by atoms with Gasteiger partial charge in [-0.05, 0) is 67.6 Å². The van der Waals surface area contributed by atoms with Crippen molar-refractivity contribution in [3.8, 4) is 5.69 Å². The molecule has 5 nitrogen and oxygen atoms in total. The van der Waals surface area contributed by atoms with Crippen molar-refractivity contribution in [3.63, 3.8) is 0 Å². The number of aromatic nitrogens is 1. The lowest BCUT2D eigenvalue weighted by Gasteiger charge is -2.40. The molecular formula is C30H34FN3O2. The third-order valence-corrected chi connectivity index (χ3v) is 7.50. The first-order valence-corrected chi connectivity index (χ1v) is 13.2. The molecule has 3 aromatic rings. The molecule has 1 saturated carbocycles. The Balaban J connectivity index is 1.52. The number of halogens is 1. The molecule has 2 atom stereocenters. The molecule has 0 N–H and O–H groups in total. The first kappa shape index (κ1) is 24.3. The van der Waals surface area contributed by atoms with E-state index in [0.29, 0.717) is 0 Å². The second kappa shape index (κ2) is 10.3. The van der Waals surface area contributed by atoms with Crippen molar-refractivity contribution in [2.24, 2.45) is 5.92 Å². The summed E-state index contributed by atoms with van der Waals surface area (Å²) in [6.07, 6.45) is 7.60. The number of rotatable bonds is 9. The van der Waals surface area contributed by atoms with Crippen LogP contribution in [0.4, 0.5) is 10.1 Å². The number of benzene rings is 2. The van der Waals surface area contributed by atoms with Gasteiger partial charge in [-0.25, -0.2) is 4.39 Å². The van der Waals surface area contributed by atoms with E-state index in [2.05, 4.69) is 18.4 Å². The molecule has 6 heteroatoms. The van der Waals surface area contributed by atoms with Crippen molar-refractivity contribution in [1.29, 1.82) is 0 Å². The summed E-state index contributed by atoms with van der Waals surface area (Å²) < 4.78 is 15.9. The van der Waals surface area contributed by atoms with Gasteiger partial charge in [0.1, 0.15) is 18.4 Å². The van der Waals surface area contributed by atoms with Crippen LogP contribution in [0.25, 0.3) is 5.69 Å². The number of anilines is 1. The van der Waals surface area contributed by atoms with Crippen molar-refractivity contribution in [1.82, 2.24) is 9.47 Å². The largest absolute Gasteiger partial charge is 0.330 e. The molecule has 2 amide bonds. The summed E-state index contributed by atoms with van der Waals surface area (Å²) in [4.78, 5) is 31.4. The lowest BCUT2D eigenvalue weighted by atomic mass is 9.96. The molecule has 0 radical (unpaired) electrons. The highest BCUT2D eigenvalue weighted by atomic mass is 19.1. The maximum atomic E-state index is 14.2. The average Bonchev–Trinajstić information content (AvgIpc) is 3.62. The first-order chi connectivity index (χ1) is 17.5. The van der Waals surface area contributed by atoms with Gasteiger partial charge in [-0.1, -0.05) is 51.0 Å². The molecule has 1 aromatic heterocycles. The topological polar surface area (TPSA) is 45.6 Å². The number of para-hydroxylation sites is 2. The Morgan fingerprint density at radius 1 is 1.00 bits per heavy atom. The molecule has 2 heterocycles. The molecule has 1 aliphatic carbocycles. The lowest BCUT2D eigenvalue weighted by Crippen LogP contribution is -2.48. The Labute approximate surface area is 212 Å². The molecule has 5 rings (SSSR count). The van der Waals surface area contributed by atoms with E-state index < -0.39 is 6.04 Å². The van der Waals surface area contributed by atoms with Gasteiger partial charge in [-0.15, -0.1) is 0 Å². The number of unbranched alkanes of at least 4 members (excludes halogenated alkanes) is 1. The summed E-state index contributed by atoms with van der Waals surface area (Å²) in [5.41, 5.74) is 3.48. The third-order valence-electron chi connectivity index (χ3n) is 7.50. The van der Waals surface area contributed by atoms with E-state index in [-0.39, 0.29) is 36.1 Å². The average molecular weight is 488 g/mol. The number of hydrogen-bond acceptors (Lipinski definition) is 2. The van der Waals surface area contributed by atoms with Crippen LogP contribution in [-0.4, -0.2) is 33.9 Å². The molecule has 0 saturated heterocycles. The number of hydrogen-bond donors (Lipinski definition) is 0. The fourth-order valence-electron chi connectivity index (χ4n) is 5.40. The van der Waals surface area contributed by atoms with Gasteiger partial charge < -0.3 is 9.47 Å². The fraction of sp³-hybridized carbons (Fsp3) is 0.400. The van der Waals surface area contributed by atoms with Gasteiger partial charge in [-0.2, -0.15) is 0 Å².